The summed E-state index contributed by atoms with van der Waals surface area (Å²) in [4.78, 5) is 41.4. The lowest BCUT2D eigenvalue weighted by molar-refractivity contribution is -0.142. The number of hydrogen-bond acceptors (Lipinski definition) is 3. The molecule has 5 heteroatoms. The molecule has 29 heavy (non-hydrogen) atoms. The number of piperidine rings is 1. The normalized spacial score (nSPS) is 29.8. The smallest absolute Gasteiger partial charge is 0.233 e. The minimum Gasteiger partial charge on any atom is -0.342 e. The van der Waals surface area contributed by atoms with E-state index in [9.17, 15) is 14.4 Å². The van der Waals surface area contributed by atoms with Gasteiger partial charge >= 0.3 is 0 Å². The van der Waals surface area contributed by atoms with Gasteiger partial charge in [-0.2, -0.15) is 0 Å². The molecule has 3 rings (SSSR count). The first-order chi connectivity index (χ1) is 13.6. The van der Waals surface area contributed by atoms with Crippen LogP contribution in [0, 0.1) is 35.0 Å². The van der Waals surface area contributed by atoms with Crippen LogP contribution in [0.15, 0.2) is 0 Å². The second-order valence-corrected chi connectivity index (χ2v) is 11.1. The third-order valence-electron chi connectivity index (χ3n) is 7.75. The topological polar surface area (TPSA) is 57.7 Å². The summed E-state index contributed by atoms with van der Waals surface area (Å²) in [7, 11) is 0. The van der Waals surface area contributed by atoms with Crippen molar-refractivity contribution in [1.29, 1.82) is 0 Å². The lowest BCUT2D eigenvalue weighted by Crippen LogP contribution is -2.45. The summed E-state index contributed by atoms with van der Waals surface area (Å²) in [6.07, 6.45) is 6.27. The van der Waals surface area contributed by atoms with Gasteiger partial charge in [0.25, 0.3) is 0 Å². The van der Waals surface area contributed by atoms with Gasteiger partial charge in [0.1, 0.15) is 0 Å². The van der Waals surface area contributed by atoms with E-state index in [-0.39, 0.29) is 29.6 Å². The molecule has 2 saturated heterocycles. The van der Waals surface area contributed by atoms with E-state index < -0.39 is 0 Å². The molecule has 0 bridgehead atoms. The molecule has 3 amide bonds. The Morgan fingerprint density at radius 3 is 2.07 bits per heavy atom. The Hall–Kier alpha value is -1.39. The lowest BCUT2D eigenvalue weighted by Gasteiger charge is -2.40. The molecule has 164 valence electrons. The van der Waals surface area contributed by atoms with Crippen LogP contribution >= 0.6 is 0 Å². The van der Waals surface area contributed by atoms with Gasteiger partial charge in [-0.3, -0.25) is 19.3 Å². The lowest BCUT2D eigenvalue weighted by atomic mass is 9.75. The number of nitrogens with zero attached hydrogens (tertiary/aromatic N) is 2. The fraction of sp³-hybridized carbons (Fsp3) is 0.875. The van der Waals surface area contributed by atoms with E-state index in [1.54, 1.807) is 0 Å². The van der Waals surface area contributed by atoms with Crippen LogP contribution in [-0.4, -0.2) is 47.2 Å². The van der Waals surface area contributed by atoms with Crippen LogP contribution in [-0.2, 0) is 14.4 Å². The van der Waals surface area contributed by atoms with E-state index in [0.717, 1.165) is 51.6 Å². The standard InChI is InChI=1S/C24H40N2O3/c1-16(2)20-14-21(27)26(23(20)29)15-17-6-8-18(9-7-17)22(28)25-12-10-19(11-13-25)24(3,4)5/h16-20H,6-15H2,1-5H3. The second kappa shape index (κ2) is 8.77. The molecule has 0 aromatic rings. The third-order valence-corrected chi connectivity index (χ3v) is 7.75. The summed E-state index contributed by atoms with van der Waals surface area (Å²) >= 11 is 0. The predicted molar refractivity (Wildman–Crippen MR) is 114 cm³/mol. The molecule has 5 nitrogen and oxygen atoms in total. The zero-order valence-electron chi connectivity index (χ0n) is 19.1. The van der Waals surface area contributed by atoms with Crippen molar-refractivity contribution < 1.29 is 14.4 Å². The predicted octanol–water partition coefficient (Wildman–Crippen LogP) is 4.11. The Morgan fingerprint density at radius 2 is 1.59 bits per heavy atom. The van der Waals surface area contributed by atoms with E-state index in [0.29, 0.717) is 36.1 Å². The average molecular weight is 405 g/mol. The molecule has 1 atom stereocenters. The van der Waals surface area contributed by atoms with Gasteiger partial charge in [-0.25, -0.2) is 0 Å². The average Bonchev–Trinajstić information content (AvgIpc) is 2.96. The van der Waals surface area contributed by atoms with Gasteiger partial charge in [0.05, 0.1) is 0 Å². The van der Waals surface area contributed by atoms with Crippen LogP contribution in [0.1, 0.15) is 79.6 Å². The molecule has 0 aromatic carbocycles. The molecule has 0 N–H and O–H groups in total. The summed E-state index contributed by atoms with van der Waals surface area (Å²) < 4.78 is 0. The van der Waals surface area contributed by atoms with Crippen molar-refractivity contribution in [2.75, 3.05) is 19.6 Å². The van der Waals surface area contributed by atoms with Crippen LogP contribution < -0.4 is 0 Å². The van der Waals surface area contributed by atoms with Crippen LogP contribution in [0.25, 0.3) is 0 Å². The molecular formula is C24H40N2O3. The van der Waals surface area contributed by atoms with E-state index in [1.165, 1.54) is 4.90 Å². The maximum atomic E-state index is 13.0. The van der Waals surface area contributed by atoms with Gasteiger partial charge < -0.3 is 4.90 Å². The van der Waals surface area contributed by atoms with Gasteiger partial charge in [0, 0.05) is 37.9 Å². The van der Waals surface area contributed by atoms with Crippen molar-refractivity contribution in [3.63, 3.8) is 0 Å². The van der Waals surface area contributed by atoms with Gasteiger partial charge in [-0.15, -0.1) is 0 Å². The van der Waals surface area contributed by atoms with Crippen LogP contribution in [0.5, 0.6) is 0 Å². The van der Waals surface area contributed by atoms with E-state index >= 15 is 0 Å². The Labute approximate surface area is 176 Å². The number of imide groups is 1. The minimum atomic E-state index is -0.142. The molecule has 2 aliphatic heterocycles. The molecule has 2 heterocycles. The van der Waals surface area contributed by atoms with Crippen LogP contribution in [0.2, 0.25) is 0 Å². The maximum Gasteiger partial charge on any atom is 0.233 e. The van der Waals surface area contributed by atoms with Gasteiger partial charge in [-0.05, 0) is 61.7 Å². The number of rotatable bonds is 4. The number of hydrogen-bond donors (Lipinski definition) is 0. The van der Waals surface area contributed by atoms with Gasteiger partial charge in [-0.1, -0.05) is 34.6 Å². The van der Waals surface area contributed by atoms with Gasteiger partial charge in [0.2, 0.25) is 17.7 Å². The Bertz CT molecular complexity index is 621. The van der Waals surface area contributed by atoms with Crippen molar-refractivity contribution in [3.8, 4) is 0 Å². The highest BCUT2D eigenvalue weighted by molar-refractivity contribution is 6.03. The first-order valence-corrected chi connectivity index (χ1v) is 11.7. The fourth-order valence-corrected chi connectivity index (χ4v) is 5.50. The Balaban J connectivity index is 1.45. The zero-order chi connectivity index (χ0) is 21.3. The maximum absolute atomic E-state index is 13.0. The first kappa shape index (κ1) is 22.3. The van der Waals surface area contributed by atoms with Crippen molar-refractivity contribution in [2.24, 2.45) is 35.0 Å². The molecule has 0 aromatic heterocycles. The van der Waals surface area contributed by atoms with Crippen LogP contribution in [0.4, 0.5) is 0 Å². The summed E-state index contributed by atoms with van der Waals surface area (Å²) in [6.45, 7) is 13.3. The molecule has 0 spiro atoms. The number of amides is 3. The van der Waals surface area contributed by atoms with Crippen molar-refractivity contribution in [3.05, 3.63) is 0 Å². The van der Waals surface area contributed by atoms with E-state index in [2.05, 4.69) is 25.7 Å². The Morgan fingerprint density at radius 1 is 1.00 bits per heavy atom. The molecule has 3 aliphatic rings. The van der Waals surface area contributed by atoms with Gasteiger partial charge in [0.15, 0.2) is 0 Å². The molecule has 1 unspecified atom stereocenters. The molecule has 1 saturated carbocycles. The molecular weight excluding hydrogens is 364 g/mol. The second-order valence-electron chi connectivity index (χ2n) is 11.1. The summed E-state index contributed by atoms with van der Waals surface area (Å²) in [5, 5.41) is 0. The fourth-order valence-electron chi connectivity index (χ4n) is 5.50. The summed E-state index contributed by atoms with van der Waals surface area (Å²) in [5.41, 5.74) is 0.326. The van der Waals surface area contributed by atoms with Crippen LogP contribution in [0.3, 0.4) is 0 Å². The molecule has 0 radical (unpaired) electrons. The third kappa shape index (κ3) is 5.03. The largest absolute Gasteiger partial charge is 0.342 e. The minimum absolute atomic E-state index is 0.00591. The van der Waals surface area contributed by atoms with E-state index in [4.69, 9.17) is 0 Å². The summed E-state index contributed by atoms with van der Waals surface area (Å²) in [5.74, 6) is 1.61. The van der Waals surface area contributed by atoms with E-state index in [1.807, 2.05) is 13.8 Å². The van der Waals surface area contributed by atoms with Crippen molar-refractivity contribution in [2.45, 2.75) is 79.6 Å². The highest BCUT2D eigenvalue weighted by Crippen LogP contribution is 2.37. The Kier molecular flexibility index (Phi) is 6.74. The number of carbonyl (C=O) groups excluding carboxylic acids is 3. The first-order valence-electron chi connectivity index (χ1n) is 11.7. The highest BCUT2D eigenvalue weighted by atomic mass is 16.2. The molecule has 3 fully saturated rings. The quantitative estimate of drug-likeness (QED) is 0.663. The monoisotopic (exact) mass is 404 g/mol. The highest BCUT2D eigenvalue weighted by Gasteiger charge is 2.41. The zero-order valence-corrected chi connectivity index (χ0v) is 19.1. The number of carbonyl (C=O) groups is 3. The summed E-state index contributed by atoms with van der Waals surface area (Å²) in [6, 6.07) is 0. The SMILES string of the molecule is CC(C)C1CC(=O)N(CC2CCC(C(=O)N3CCC(C(C)(C)C)CC3)CC2)C1=O. The number of likely N-dealkylation sites (tertiary alicyclic amines) is 2. The van der Waals surface area contributed by atoms with Crippen molar-refractivity contribution >= 4 is 17.7 Å². The van der Waals surface area contributed by atoms with Crippen molar-refractivity contribution in [1.82, 2.24) is 9.80 Å². The molecule has 1 aliphatic carbocycles.